The molecular weight excluding hydrogens is 260 g/mol. The van der Waals surface area contributed by atoms with Crippen LogP contribution < -0.4 is 5.73 Å². The Labute approximate surface area is 130 Å². The van der Waals surface area contributed by atoms with Gasteiger partial charge in [0.15, 0.2) is 0 Å². The van der Waals surface area contributed by atoms with Crippen LogP contribution in [0.25, 0.3) is 0 Å². The largest absolute Gasteiger partial charge is 0.372 e. The summed E-state index contributed by atoms with van der Waals surface area (Å²) in [6.45, 7) is 10.3. The standard InChI is InChI=1S/C18H34N2O/c1-4-17(2,3)14-7-9-18(13-19,10-8-14)20-11-15-5-6-16(12-20)21-15/h14-16H,4-13,19H2,1-3H3. The van der Waals surface area contributed by atoms with E-state index in [-0.39, 0.29) is 5.54 Å². The molecule has 2 unspecified atom stereocenters. The molecule has 2 heterocycles. The third-order valence-corrected chi connectivity index (χ3v) is 7.03. The van der Waals surface area contributed by atoms with Crippen LogP contribution in [0.15, 0.2) is 0 Å². The van der Waals surface area contributed by atoms with Gasteiger partial charge >= 0.3 is 0 Å². The fourth-order valence-corrected chi connectivity index (χ4v) is 4.88. The van der Waals surface area contributed by atoms with Gasteiger partial charge < -0.3 is 10.5 Å². The predicted octanol–water partition coefficient (Wildman–Crippen LogP) is 3.17. The van der Waals surface area contributed by atoms with E-state index in [4.69, 9.17) is 10.5 Å². The Bertz CT molecular complexity index is 348. The summed E-state index contributed by atoms with van der Waals surface area (Å²) >= 11 is 0. The maximum Gasteiger partial charge on any atom is 0.0707 e. The van der Waals surface area contributed by atoms with Crippen LogP contribution in [0, 0.1) is 11.3 Å². The van der Waals surface area contributed by atoms with Gasteiger partial charge in [0.2, 0.25) is 0 Å². The van der Waals surface area contributed by atoms with E-state index in [0.29, 0.717) is 17.6 Å². The number of likely N-dealkylation sites (tertiary alicyclic amines) is 1. The number of hydrogen-bond acceptors (Lipinski definition) is 3. The molecule has 3 heteroatoms. The molecule has 0 amide bonds. The molecule has 3 fully saturated rings. The molecule has 122 valence electrons. The van der Waals surface area contributed by atoms with Crippen molar-refractivity contribution in [2.24, 2.45) is 17.1 Å². The fraction of sp³-hybridized carbons (Fsp3) is 1.00. The van der Waals surface area contributed by atoms with Crippen molar-refractivity contribution in [3.63, 3.8) is 0 Å². The molecule has 0 aromatic heterocycles. The lowest BCUT2D eigenvalue weighted by Crippen LogP contribution is -2.61. The first-order chi connectivity index (χ1) is 9.99. The van der Waals surface area contributed by atoms with Gasteiger partial charge in [-0.05, 0) is 49.9 Å². The van der Waals surface area contributed by atoms with Gasteiger partial charge in [-0.15, -0.1) is 0 Å². The minimum Gasteiger partial charge on any atom is -0.372 e. The normalized spacial score (nSPS) is 41.4. The van der Waals surface area contributed by atoms with E-state index < -0.39 is 0 Å². The smallest absolute Gasteiger partial charge is 0.0707 e. The summed E-state index contributed by atoms with van der Waals surface area (Å²) in [5.74, 6) is 0.875. The Kier molecular flexibility index (Phi) is 4.37. The molecule has 0 spiro atoms. The zero-order valence-corrected chi connectivity index (χ0v) is 14.2. The van der Waals surface area contributed by atoms with Gasteiger partial charge in [0.25, 0.3) is 0 Å². The lowest BCUT2D eigenvalue weighted by molar-refractivity contribution is -0.0919. The molecule has 3 aliphatic rings. The quantitative estimate of drug-likeness (QED) is 0.865. The molecular formula is C18H34N2O. The van der Waals surface area contributed by atoms with Crippen molar-refractivity contribution in [3.05, 3.63) is 0 Å². The first-order valence-electron chi connectivity index (χ1n) is 9.10. The van der Waals surface area contributed by atoms with Crippen LogP contribution in [0.5, 0.6) is 0 Å². The molecule has 2 atom stereocenters. The van der Waals surface area contributed by atoms with Gasteiger partial charge in [0.05, 0.1) is 12.2 Å². The Hall–Kier alpha value is -0.120. The number of nitrogens with two attached hydrogens (primary N) is 1. The van der Waals surface area contributed by atoms with E-state index >= 15 is 0 Å². The van der Waals surface area contributed by atoms with Crippen LogP contribution in [0.4, 0.5) is 0 Å². The zero-order valence-electron chi connectivity index (χ0n) is 14.2. The SMILES string of the molecule is CCC(C)(C)C1CCC(CN)(N2CC3CCC(C2)O3)CC1. The van der Waals surface area contributed by atoms with Crippen LogP contribution in [0.1, 0.15) is 65.7 Å². The minimum absolute atomic E-state index is 0.269. The number of nitrogens with zero attached hydrogens (tertiary/aromatic N) is 1. The maximum absolute atomic E-state index is 6.28. The monoisotopic (exact) mass is 294 g/mol. The number of rotatable bonds is 4. The highest BCUT2D eigenvalue weighted by atomic mass is 16.5. The van der Waals surface area contributed by atoms with Crippen LogP contribution in [-0.2, 0) is 4.74 Å². The molecule has 0 aromatic rings. The predicted molar refractivity (Wildman–Crippen MR) is 87.3 cm³/mol. The summed E-state index contributed by atoms with van der Waals surface area (Å²) in [5, 5.41) is 0. The molecule has 2 N–H and O–H groups in total. The van der Waals surface area contributed by atoms with E-state index in [1.165, 1.54) is 44.9 Å². The first-order valence-corrected chi connectivity index (χ1v) is 9.10. The molecule has 2 aliphatic heterocycles. The van der Waals surface area contributed by atoms with Crippen molar-refractivity contribution in [2.75, 3.05) is 19.6 Å². The Morgan fingerprint density at radius 2 is 1.67 bits per heavy atom. The summed E-state index contributed by atoms with van der Waals surface area (Å²) in [7, 11) is 0. The van der Waals surface area contributed by atoms with E-state index in [1.54, 1.807) is 0 Å². The molecule has 1 saturated carbocycles. The third kappa shape index (κ3) is 2.89. The molecule has 0 aromatic carbocycles. The fourth-order valence-electron chi connectivity index (χ4n) is 4.88. The van der Waals surface area contributed by atoms with Crippen molar-refractivity contribution in [1.29, 1.82) is 0 Å². The number of morpholine rings is 1. The summed E-state index contributed by atoms with van der Waals surface area (Å²) in [6, 6.07) is 0. The average Bonchev–Trinajstić information content (AvgIpc) is 2.85. The Balaban J connectivity index is 1.66. The molecule has 2 saturated heterocycles. The van der Waals surface area contributed by atoms with Gasteiger partial charge in [-0.2, -0.15) is 0 Å². The highest BCUT2D eigenvalue weighted by Crippen LogP contribution is 2.46. The van der Waals surface area contributed by atoms with Gasteiger partial charge in [0, 0.05) is 25.2 Å². The summed E-state index contributed by atoms with van der Waals surface area (Å²) in [4.78, 5) is 2.72. The molecule has 1 aliphatic carbocycles. The lowest BCUT2D eigenvalue weighted by Gasteiger charge is -2.52. The van der Waals surface area contributed by atoms with Crippen molar-refractivity contribution in [2.45, 2.75) is 83.5 Å². The van der Waals surface area contributed by atoms with E-state index in [9.17, 15) is 0 Å². The molecule has 3 rings (SSSR count). The van der Waals surface area contributed by atoms with Gasteiger partial charge in [-0.3, -0.25) is 4.90 Å². The molecule has 21 heavy (non-hydrogen) atoms. The summed E-state index contributed by atoms with van der Waals surface area (Å²) in [5.41, 5.74) is 7.04. The molecule has 2 bridgehead atoms. The zero-order chi connectivity index (χ0) is 15.1. The lowest BCUT2D eigenvalue weighted by atomic mass is 9.65. The van der Waals surface area contributed by atoms with Gasteiger partial charge in [-0.25, -0.2) is 0 Å². The second-order valence-corrected chi connectivity index (χ2v) is 8.41. The highest BCUT2D eigenvalue weighted by molar-refractivity contribution is 5.01. The topological polar surface area (TPSA) is 38.5 Å². The van der Waals surface area contributed by atoms with Crippen molar-refractivity contribution < 1.29 is 4.74 Å². The first kappa shape index (κ1) is 15.8. The molecule has 3 nitrogen and oxygen atoms in total. The third-order valence-electron chi connectivity index (χ3n) is 7.03. The van der Waals surface area contributed by atoms with E-state index in [2.05, 4.69) is 25.7 Å². The number of hydrogen-bond donors (Lipinski definition) is 1. The molecule has 0 radical (unpaired) electrons. The second-order valence-electron chi connectivity index (χ2n) is 8.41. The Morgan fingerprint density at radius 1 is 1.10 bits per heavy atom. The number of fused-ring (bicyclic) bond motifs is 2. The van der Waals surface area contributed by atoms with Crippen molar-refractivity contribution in [1.82, 2.24) is 4.90 Å². The van der Waals surface area contributed by atoms with Crippen molar-refractivity contribution in [3.8, 4) is 0 Å². The highest BCUT2D eigenvalue weighted by Gasteiger charge is 2.46. The average molecular weight is 294 g/mol. The number of ether oxygens (including phenoxy) is 1. The maximum atomic E-state index is 6.28. The van der Waals surface area contributed by atoms with Crippen LogP contribution >= 0.6 is 0 Å². The Morgan fingerprint density at radius 3 is 2.14 bits per heavy atom. The van der Waals surface area contributed by atoms with Crippen molar-refractivity contribution >= 4 is 0 Å². The van der Waals surface area contributed by atoms with Gasteiger partial charge in [-0.1, -0.05) is 27.2 Å². The second kappa shape index (κ2) is 5.82. The summed E-state index contributed by atoms with van der Waals surface area (Å²) in [6.07, 6.45) is 10.0. The van der Waals surface area contributed by atoms with E-state index in [1.807, 2.05) is 0 Å². The summed E-state index contributed by atoms with van der Waals surface area (Å²) < 4.78 is 6.02. The van der Waals surface area contributed by atoms with Gasteiger partial charge in [0.1, 0.15) is 0 Å². The van der Waals surface area contributed by atoms with Crippen LogP contribution in [0.2, 0.25) is 0 Å². The van der Waals surface area contributed by atoms with E-state index in [0.717, 1.165) is 25.6 Å². The van der Waals surface area contributed by atoms with Crippen LogP contribution in [0.3, 0.4) is 0 Å². The minimum atomic E-state index is 0.269. The van der Waals surface area contributed by atoms with Crippen LogP contribution in [-0.4, -0.2) is 42.3 Å².